The minimum absolute atomic E-state index is 0. The van der Waals surface area contributed by atoms with Crippen LogP contribution in [0.15, 0.2) is 12.7 Å². The molecule has 0 rings (SSSR count). The third kappa shape index (κ3) is 317. The molecule has 0 aliphatic carbocycles. The average molecular weight is 170 g/mol. The Balaban J connectivity index is 0. The van der Waals surface area contributed by atoms with Crippen LogP contribution in [-0.2, 0) is 20.4 Å². The van der Waals surface area contributed by atoms with Crippen molar-refractivity contribution in [2.24, 2.45) is 0 Å². The molecule has 0 saturated carbocycles. The number of hydrogen-bond acceptors (Lipinski definition) is 0. The van der Waals surface area contributed by atoms with Gasteiger partial charge in [0.25, 0.3) is 6.08 Å². The van der Waals surface area contributed by atoms with E-state index in [1.54, 1.807) is 0 Å². The first-order valence-corrected chi connectivity index (χ1v) is 0.732. The minimum Gasteiger partial charge on any atom is -0.174 e. The minimum atomic E-state index is -1.83. The summed E-state index contributed by atoms with van der Waals surface area (Å²) in [5, 5.41) is 0. The second-order valence-corrected chi connectivity index (χ2v) is 0.339. The zero-order valence-corrected chi connectivity index (χ0v) is 3.83. The Bertz CT molecular complexity index is 30.6. The summed E-state index contributed by atoms with van der Waals surface area (Å²) in [6.07, 6.45) is -1.83. The van der Waals surface area contributed by atoms with E-state index < -0.39 is 6.08 Å². The molecule has 0 fully saturated rings. The summed E-state index contributed by atoms with van der Waals surface area (Å²) in [5.74, 6) is 0. The van der Waals surface area contributed by atoms with Crippen LogP contribution in [0.3, 0.4) is 0 Å². The van der Waals surface area contributed by atoms with E-state index in [9.17, 15) is 8.78 Å². The third-order valence-corrected chi connectivity index (χ3v) is 0. The van der Waals surface area contributed by atoms with Crippen LogP contribution >= 0.6 is 0 Å². The van der Waals surface area contributed by atoms with Crippen LogP contribution in [0.2, 0.25) is 0 Å². The summed E-state index contributed by atoms with van der Waals surface area (Å²) >= 11 is 0. The van der Waals surface area contributed by atoms with Gasteiger partial charge in [0.05, 0.1) is 0 Å². The van der Waals surface area contributed by atoms with E-state index in [1.807, 2.05) is 0 Å². The molecule has 0 aromatic rings. The van der Waals surface area contributed by atoms with Crippen molar-refractivity contribution in [1.29, 1.82) is 0 Å². The summed E-state index contributed by atoms with van der Waals surface area (Å²) in [7, 11) is 0. The molecule has 0 nitrogen and oxygen atoms in total. The van der Waals surface area contributed by atoms with Crippen molar-refractivity contribution in [3.63, 3.8) is 0 Å². The molecular weight excluding hydrogens is 168 g/mol. The van der Waals surface area contributed by atoms with Crippen molar-refractivity contribution in [2.45, 2.75) is 0 Å². The largest absolute Gasteiger partial charge is 0.263 e. The molecule has 0 unspecified atom stereocenters. The second-order valence-electron chi connectivity index (χ2n) is 0.339. The van der Waals surface area contributed by atoms with Gasteiger partial charge in [-0.25, -0.2) is 0 Å². The first-order valence-electron chi connectivity index (χ1n) is 0.732. The van der Waals surface area contributed by atoms with Gasteiger partial charge in [0.1, 0.15) is 0 Å². The Morgan fingerprint density at radius 3 is 1.40 bits per heavy atom. The van der Waals surface area contributed by atoms with E-state index in [-0.39, 0.29) is 20.4 Å². The second kappa shape index (κ2) is 4.26. The van der Waals surface area contributed by atoms with Crippen molar-refractivity contribution in [1.82, 2.24) is 0 Å². The average Bonchev–Trinajstić information content (AvgIpc) is 0.811. The fourth-order valence-electron chi connectivity index (χ4n) is 0. The molecule has 0 amide bonds. The first kappa shape index (κ1) is 8.98. The van der Waals surface area contributed by atoms with Crippen molar-refractivity contribution in [2.75, 3.05) is 0 Å². The van der Waals surface area contributed by atoms with Gasteiger partial charge in [0, 0.05) is 20.4 Å². The number of hydrogen-bond donors (Lipinski definition) is 0. The Hall–Kier alpha value is 0.262. The van der Waals surface area contributed by atoms with Crippen LogP contribution in [0.1, 0.15) is 0 Å². The maximum atomic E-state index is 10.1. The van der Waals surface area contributed by atoms with E-state index in [4.69, 9.17) is 0 Å². The maximum Gasteiger partial charge on any atom is 0.263 e. The van der Waals surface area contributed by atoms with E-state index >= 15 is 0 Å². The van der Waals surface area contributed by atoms with Crippen molar-refractivity contribution in [3.05, 3.63) is 12.7 Å². The summed E-state index contributed by atoms with van der Waals surface area (Å²) < 4.78 is 20.3. The van der Waals surface area contributed by atoms with Crippen LogP contribution in [0.5, 0.6) is 0 Å². The SMILES string of the molecule is C=C(F)F.[Pd]. The number of halogens is 2. The van der Waals surface area contributed by atoms with Gasteiger partial charge in [-0.1, -0.05) is 0 Å². The number of rotatable bonds is 0. The predicted octanol–water partition coefficient (Wildman–Crippen LogP) is 1.39. The zero-order valence-electron chi connectivity index (χ0n) is 2.28. The summed E-state index contributed by atoms with van der Waals surface area (Å²) in [5.41, 5.74) is 0. The molecule has 0 bridgehead atoms. The van der Waals surface area contributed by atoms with E-state index in [2.05, 4.69) is 6.58 Å². The van der Waals surface area contributed by atoms with Gasteiger partial charge in [-0.15, -0.1) is 0 Å². The molecule has 0 spiro atoms. The van der Waals surface area contributed by atoms with Gasteiger partial charge in [-0.05, 0) is 6.58 Å². The van der Waals surface area contributed by atoms with Crippen molar-refractivity contribution in [3.8, 4) is 0 Å². The zero-order chi connectivity index (χ0) is 3.58. The standard InChI is InChI=1S/C2H2F2.Pd/c1-2(3)4;/h1H2;. The van der Waals surface area contributed by atoms with Crippen LogP contribution < -0.4 is 0 Å². The monoisotopic (exact) mass is 170 g/mol. The molecule has 0 saturated heterocycles. The van der Waals surface area contributed by atoms with Gasteiger partial charge in [0.2, 0.25) is 0 Å². The molecule has 3 heteroatoms. The van der Waals surface area contributed by atoms with Crippen LogP contribution in [0.4, 0.5) is 8.78 Å². The van der Waals surface area contributed by atoms with Crippen LogP contribution in [-0.4, -0.2) is 0 Å². The molecule has 0 heterocycles. The third-order valence-electron chi connectivity index (χ3n) is 0. The van der Waals surface area contributed by atoms with Crippen molar-refractivity contribution >= 4 is 0 Å². The molecule has 0 N–H and O–H groups in total. The molecule has 0 aliphatic rings. The van der Waals surface area contributed by atoms with Gasteiger partial charge in [0.15, 0.2) is 0 Å². The van der Waals surface area contributed by atoms with Crippen LogP contribution in [0, 0.1) is 0 Å². The van der Waals surface area contributed by atoms with E-state index in [0.29, 0.717) is 0 Å². The smallest absolute Gasteiger partial charge is 0.174 e. The molecule has 0 aromatic carbocycles. The molecule has 0 atom stereocenters. The van der Waals surface area contributed by atoms with Gasteiger partial charge < -0.3 is 0 Å². The topological polar surface area (TPSA) is 0 Å². The van der Waals surface area contributed by atoms with Crippen LogP contribution in [0.25, 0.3) is 0 Å². The van der Waals surface area contributed by atoms with Crippen molar-refractivity contribution < 1.29 is 29.2 Å². The summed E-state index contributed by atoms with van der Waals surface area (Å²) in [6, 6.07) is 0. The summed E-state index contributed by atoms with van der Waals surface area (Å²) in [4.78, 5) is 0. The molecule has 0 radical (unpaired) electrons. The molecular formula is C2H2F2Pd. The summed E-state index contributed by atoms with van der Waals surface area (Å²) in [6.45, 7) is 2.22. The normalized spacial score (nSPS) is 5.20. The quantitative estimate of drug-likeness (QED) is 0.482. The first-order chi connectivity index (χ1) is 1.73. The Morgan fingerprint density at radius 2 is 1.40 bits per heavy atom. The Labute approximate surface area is 42.5 Å². The molecule has 0 aliphatic heterocycles. The fraction of sp³-hybridized carbons (Fsp3) is 0. The van der Waals surface area contributed by atoms with Gasteiger partial charge >= 0.3 is 0 Å². The maximum absolute atomic E-state index is 10.1. The van der Waals surface area contributed by atoms with Gasteiger partial charge in [-0.3, -0.25) is 0 Å². The predicted molar refractivity (Wildman–Crippen MR) is 11.4 cm³/mol. The Morgan fingerprint density at radius 1 is 1.40 bits per heavy atom. The molecule has 5 heavy (non-hydrogen) atoms. The fourth-order valence-corrected chi connectivity index (χ4v) is 0. The van der Waals surface area contributed by atoms with E-state index in [1.165, 1.54) is 0 Å². The molecule has 34 valence electrons. The van der Waals surface area contributed by atoms with E-state index in [0.717, 1.165) is 0 Å². The van der Waals surface area contributed by atoms with Gasteiger partial charge in [-0.2, -0.15) is 8.78 Å². The molecule has 0 aromatic heterocycles. The Kier molecular flexibility index (Phi) is 7.66.